The fraction of sp³-hybridized carbons (Fsp3) is 0.409. The summed E-state index contributed by atoms with van der Waals surface area (Å²) in [5.41, 5.74) is 1.04. The van der Waals surface area contributed by atoms with Crippen LogP contribution in [-0.4, -0.2) is 59.3 Å². The Bertz CT molecular complexity index is 871. The normalized spacial score (nSPS) is 25.9. The molecule has 2 heterocycles. The first-order valence-electron chi connectivity index (χ1n) is 9.77. The number of hydrogen-bond acceptors (Lipinski definition) is 6. The Balaban J connectivity index is 1.39. The highest BCUT2D eigenvalue weighted by molar-refractivity contribution is 5.94. The van der Waals surface area contributed by atoms with Gasteiger partial charge in [-0.3, -0.25) is 9.78 Å². The highest BCUT2D eigenvalue weighted by atomic mass is 16.5. The number of aliphatic hydroxyl groups is 1. The lowest BCUT2D eigenvalue weighted by Gasteiger charge is -2.35. The van der Waals surface area contributed by atoms with Gasteiger partial charge in [-0.1, -0.05) is 0 Å². The average Bonchev–Trinajstić information content (AvgIpc) is 3.16. The molecule has 1 aromatic carbocycles. The van der Waals surface area contributed by atoms with Crippen LogP contribution in [0, 0.1) is 11.8 Å². The van der Waals surface area contributed by atoms with Crippen LogP contribution in [0.25, 0.3) is 0 Å². The summed E-state index contributed by atoms with van der Waals surface area (Å²) in [5.74, 6) is 0.742. The van der Waals surface area contributed by atoms with Crippen molar-refractivity contribution in [1.82, 2.24) is 9.88 Å². The van der Waals surface area contributed by atoms with E-state index in [9.17, 15) is 14.7 Å². The summed E-state index contributed by atoms with van der Waals surface area (Å²) in [7, 11) is 1.34. The Morgan fingerprint density at radius 1 is 1.07 bits per heavy atom. The van der Waals surface area contributed by atoms with E-state index in [-0.39, 0.29) is 17.9 Å². The van der Waals surface area contributed by atoms with Crippen molar-refractivity contribution in [2.75, 3.05) is 20.2 Å². The number of methoxy groups -OCH3 is 1. The molecule has 2 aliphatic rings. The van der Waals surface area contributed by atoms with E-state index in [0.717, 1.165) is 0 Å². The third kappa shape index (κ3) is 4.10. The Labute approximate surface area is 169 Å². The van der Waals surface area contributed by atoms with Gasteiger partial charge in [0.2, 0.25) is 0 Å². The van der Waals surface area contributed by atoms with Gasteiger partial charge in [0.25, 0.3) is 5.91 Å². The molecule has 1 aromatic heterocycles. The molecule has 0 bridgehead atoms. The summed E-state index contributed by atoms with van der Waals surface area (Å²) in [6, 6.07) is 10.2. The third-order valence-corrected chi connectivity index (χ3v) is 5.84. The fourth-order valence-electron chi connectivity index (χ4n) is 4.32. The van der Waals surface area contributed by atoms with E-state index in [4.69, 9.17) is 9.47 Å². The molecule has 4 atom stereocenters. The van der Waals surface area contributed by atoms with Crippen LogP contribution in [0.15, 0.2) is 48.8 Å². The van der Waals surface area contributed by atoms with Gasteiger partial charge in [-0.05, 0) is 61.1 Å². The quantitative estimate of drug-likeness (QED) is 0.797. The first kappa shape index (κ1) is 19.4. The number of rotatable bonds is 4. The van der Waals surface area contributed by atoms with E-state index < -0.39 is 12.1 Å². The van der Waals surface area contributed by atoms with Crippen molar-refractivity contribution in [3.8, 4) is 5.75 Å². The molecule has 2 fully saturated rings. The number of aliphatic hydroxyl groups excluding tert-OH is 1. The minimum atomic E-state index is -0.593. The van der Waals surface area contributed by atoms with Gasteiger partial charge < -0.3 is 19.5 Å². The highest BCUT2D eigenvalue weighted by Gasteiger charge is 2.44. The number of esters is 1. The van der Waals surface area contributed by atoms with Crippen molar-refractivity contribution in [1.29, 1.82) is 0 Å². The van der Waals surface area contributed by atoms with Gasteiger partial charge in [0.1, 0.15) is 11.9 Å². The SMILES string of the molecule is COC(=O)c1ccc(O[C@H]2C[C@@H]3CN(C(=O)c4cccnc4)C[C@@H]3C[C@@H]2O)cc1. The van der Waals surface area contributed by atoms with Crippen LogP contribution in [0.5, 0.6) is 5.75 Å². The fourth-order valence-corrected chi connectivity index (χ4v) is 4.32. The Morgan fingerprint density at radius 3 is 2.45 bits per heavy atom. The first-order chi connectivity index (χ1) is 14.0. The number of likely N-dealkylation sites (tertiary alicyclic amines) is 1. The summed E-state index contributed by atoms with van der Waals surface area (Å²) in [6.45, 7) is 1.31. The number of amides is 1. The van der Waals surface area contributed by atoms with Crippen molar-refractivity contribution < 1.29 is 24.2 Å². The number of carbonyl (C=O) groups excluding carboxylic acids is 2. The van der Waals surface area contributed by atoms with Crippen LogP contribution < -0.4 is 4.74 Å². The molecule has 2 aromatic rings. The Kier molecular flexibility index (Phi) is 5.49. The molecule has 29 heavy (non-hydrogen) atoms. The topological polar surface area (TPSA) is 89.0 Å². The van der Waals surface area contributed by atoms with Crippen molar-refractivity contribution in [3.05, 3.63) is 59.9 Å². The molecule has 1 aliphatic heterocycles. The maximum atomic E-state index is 12.7. The van der Waals surface area contributed by atoms with E-state index in [0.29, 0.717) is 48.7 Å². The van der Waals surface area contributed by atoms with Gasteiger partial charge in [-0.2, -0.15) is 0 Å². The maximum Gasteiger partial charge on any atom is 0.337 e. The molecular formula is C22H24N2O5. The summed E-state index contributed by atoms with van der Waals surface area (Å²) < 4.78 is 10.7. The van der Waals surface area contributed by atoms with E-state index in [2.05, 4.69) is 4.98 Å². The molecule has 1 saturated heterocycles. The number of hydrogen-bond donors (Lipinski definition) is 1. The Morgan fingerprint density at radius 2 is 1.79 bits per heavy atom. The van der Waals surface area contributed by atoms with E-state index in [1.54, 1.807) is 48.8 Å². The number of carbonyl (C=O) groups is 2. The number of pyridine rings is 1. The van der Waals surface area contributed by atoms with Crippen LogP contribution in [-0.2, 0) is 4.74 Å². The molecule has 1 N–H and O–H groups in total. The zero-order valence-corrected chi connectivity index (χ0v) is 16.2. The molecule has 1 amide bonds. The van der Waals surface area contributed by atoms with Crippen molar-refractivity contribution in [2.45, 2.75) is 25.0 Å². The summed E-state index contributed by atoms with van der Waals surface area (Å²) >= 11 is 0. The zero-order valence-electron chi connectivity index (χ0n) is 16.2. The molecule has 0 spiro atoms. The number of fused-ring (bicyclic) bond motifs is 1. The second-order valence-electron chi connectivity index (χ2n) is 7.68. The molecule has 7 heteroatoms. The van der Waals surface area contributed by atoms with Crippen LogP contribution in [0.3, 0.4) is 0 Å². The lowest BCUT2D eigenvalue weighted by Crippen LogP contribution is -2.42. The van der Waals surface area contributed by atoms with Crippen LogP contribution in [0.2, 0.25) is 0 Å². The summed E-state index contributed by atoms with van der Waals surface area (Å²) in [6.07, 6.45) is 3.59. The van der Waals surface area contributed by atoms with Crippen LogP contribution >= 0.6 is 0 Å². The Hall–Kier alpha value is -2.93. The molecule has 0 unspecified atom stereocenters. The second kappa shape index (κ2) is 8.21. The lowest BCUT2D eigenvalue weighted by atomic mass is 9.78. The van der Waals surface area contributed by atoms with Crippen molar-refractivity contribution >= 4 is 11.9 Å². The average molecular weight is 396 g/mol. The molecule has 1 saturated carbocycles. The van der Waals surface area contributed by atoms with E-state index in [1.165, 1.54) is 7.11 Å². The molecule has 4 rings (SSSR count). The van der Waals surface area contributed by atoms with Gasteiger partial charge in [-0.15, -0.1) is 0 Å². The highest BCUT2D eigenvalue weighted by Crippen LogP contribution is 2.38. The first-order valence-corrected chi connectivity index (χ1v) is 9.77. The molecule has 0 radical (unpaired) electrons. The largest absolute Gasteiger partial charge is 0.488 e. The maximum absolute atomic E-state index is 12.7. The van der Waals surface area contributed by atoms with Crippen molar-refractivity contribution in [3.63, 3.8) is 0 Å². The summed E-state index contributed by atoms with van der Waals surface area (Å²) in [4.78, 5) is 30.1. The standard InChI is InChI=1S/C22H24N2O5/c1-28-22(27)14-4-6-18(7-5-14)29-20-10-17-13-24(12-16(17)9-19(20)25)21(26)15-3-2-8-23-11-15/h2-8,11,16-17,19-20,25H,9-10,12-13H2,1H3/t16-,17+,19-,20-/m0/s1. The summed E-state index contributed by atoms with van der Waals surface area (Å²) in [5, 5.41) is 10.6. The monoisotopic (exact) mass is 396 g/mol. The number of benzene rings is 1. The number of aromatic nitrogens is 1. The predicted molar refractivity (Wildman–Crippen MR) is 105 cm³/mol. The lowest BCUT2D eigenvalue weighted by molar-refractivity contribution is -0.0231. The van der Waals surface area contributed by atoms with Gasteiger partial charge >= 0.3 is 5.97 Å². The predicted octanol–water partition coefficient (Wildman–Crippen LogP) is 2.16. The van der Waals surface area contributed by atoms with Crippen molar-refractivity contribution in [2.24, 2.45) is 11.8 Å². The molecule has 1 aliphatic carbocycles. The molecule has 152 valence electrons. The molecule has 7 nitrogen and oxygen atoms in total. The molecular weight excluding hydrogens is 372 g/mol. The van der Waals surface area contributed by atoms with Gasteiger partial charge in [0.05, 0.1) is 24.3 Å². The smallest absolute Gasteiger partial charge is 0.337 e. The minimum Gasteiger partial charge on any atom is -0.488 e. The second-order valence-corrected chi connectivity index (χ2v) is 7.68. The van der Waals surface area contributed by atoms with Gasteiger partial charge in [-0.25, -0.2) is 4.79 Å². The zero-order chi connectivity index (χ0) is 20.4. The van der Waals surface area contributed by atoms with E-state index >= 15 is 0 Å². The van der Waals surface area contributed by atoms with Crippen LogP contribution in [0.1, 0.15) is 33.6 Å². The van der Waals surface area contributed by atoms with Gasteiger partial charge in [0, 0.05) is 25.5 Å². The van der Waals surface area contributed by atoms with Gasteiger partial charge in [0.15, 0.2) is 0 Å². The van der Waals surface area contributed by atoms with E-state index in [1.807, 2.05) is 4.90 Å². The minimum absolute atomic E-state index is 0.0159. The number of ether oxygens (including phenoxy) is 2. The van der Waals surface area contributed by atoms with Crippen LogP contribution in [0.4, 0.5) is 0 Å². The number of nitrogens with zero attached hydrogens (tertiary/aromatic N) is 2. The third-order valence-electron chi connectivity index (χ3n) is 5.84.